The average Bonchev–Trinajstić information content (AvgIpc) is 1.87. The maximum Gasteiger partial charge on any atom is 0.0599 e. The summed E-state index contributed by atoms with van der Waals surface area (Å²) in [5.41, 5.74) is 0. The fourth-order valence-corrected chi connectivity index (χ4v) is 0.716. The number of hydrogen-bond donors (Lipinski definition) is 1. The maximum atomic E-state index is 9.25. The van der Waals surface area contributed by atoms with Gasteiger partial charge in [0.25, 0.3) is 0 Å². The van der Waals surface area contributed by atoms with Crippen molar-refractivity contribution in [1.82, 2.24) is 0 Å². The highest BCUT2D eigenvalue weighted by Crippen LogP contribution is 2.08. The largest absolute Gasteiger partial charge is 0.393 e. The molecule has 0 aliphatic carbocycles. The quantitative estimate of drug-likeness (QED) is 0.574. The topological polar surface area (TPSA) is 20.2 Å². The molecule has 9 heavy (non-hydrogen) atoms. The van der Waals surface area contributed by atoms with Gasteiger partial charge in [-0.15, -0.1) is 6.58 Å². The second kappa shape index (κ2) is 4.57. The van der Waals surface area contributed by atoms with Gasteiger partial charge in [-0.25, -0.2) is 0 Å². The van der Waals surface area contributed by atoms with Gasteiger partial charge in [-0.3, -0.25) is 0 Å². The lowest BCUT2D eigenvalue weighted by molar-refractivity contribution is 0.127. The summed E-state index contributed by atoms with van der Waals surface area (Å²) in [5.74, 6) is 0.241. The van der Waals surface area contributed by atoms with Crippen molar-refractivity contribution in [2.75, 3.05) is 0 Å². The van der Waals surface area contributed by atoms with Crippen LogP contribution in [0.5, 0.6) is 0 Å². The molecule has 0 bridgehead atoms. The lowest BCUT2D eigenvalue weighted by Crippen LogP contribution is -2.14. The molecular formula is C8H16O. The summed E-state index contributed by atoms with van der Waals surface area (Å²) in [6.45, 7) is 7.65. The van der Waals surface area contributed by atoms with Crippen LogP contribution in [-0.4, -0.2) is 11.2 Å². The van der Waals surface area contributed by atoms with Gasteiger partial charge in [0, 0.05) is 0 Å². The highest BCUT2D eigenvalue weighted by atomic mass is 16.3. The predicted molar refractivity (Wildman–Crippen MR) is 40.3 cm³/mol. The summed E-state index contributed by atoms with van der Waals surface area (Å²) >= 11 is 0. The Labute approximate surface area is 57.4 Å². The molecule has 0 saturated heterocycles. The molecule has 0 spiro atoms. The van der Waals surface area contributed by atoms with E-state index in [4.69, 9.17) is 0 Å². The Hall–Kier alpha value is -0.300. The zero-order chi connectivity index (χ0) is 7.28. The summed E-state index contributed by atoms with van der Waals surface area (Å²) < 4.78 is 0. The molecule has 0 aromatic carbocycles. The summed E-state index contributed by atoms with van der Waals surface area (Å²) in [5, 5.41) is 9.25. The molecule has 1 nitrogen and oxygen atoms in total. The molecule has 54 valence electrons. The van der Waals surface area contributed by atoms with E-state index >= 15 is 0 Å². The molecule has 0 aromatic rings. The van der Waals surface area contributed by atoms with Crippen LogP contribution in [0.25, 0.3) is 0 Å². The van der Waals surface area contributed by atoms with Gasteiger partial charge in [0.15, 0.2) is 0 Å². The van der Waals surface area contributed by atoms with E-state index in [1.165, 1.54) is 0 Å². The van der Waals surface area contributed by atoms with E-state index < -0.39 is 0 Å². The van der Waals surface area contributed by atoms with Crippen molar-refractivity contribution in [3.63, 3.8) is 0 Å². The zero-order valence-corrected chi connectivity index (χ0v) is 6.30. The molecule has 2 atom stereocenters. The van der Waals surface area contributed by atoms with Crippen LogP contribution in [-0.2, 0) is 0 Å². The van der Waals surface area contributed by atoms with E-state index in [0.717, 1.165) is 12.8 Å². The third-order valence-electron chi connectivity index (χ3n) is 1.56. The van der Waals surface area contributed by atoms with Crippen LogP contribution in [0.15, 0.2) is 12.7 Å². The van der Waals surface area contributed by atoms with Crippen molar-refractivity contribution in [3.8, 4) is 0 Å². The molecule has 0 aliphatic rings. The summed E-state index contributed by atoms with van der Waals surface area (Å²) in [6, 6.07) is 0. The molecule has 1 heteroatoms. The van der Waals surface area contributed by atoms with Crippen LogP contribution in [0.2, 0.25) is 0 Å². The fraction of sp³-hybridized carbons (Fsp3) is 0.750. The molecule has 0 saturated carbocycles. The normalized spacial score (nSPS) is 16.8. The van der Waals surface area contributed by atoms with E-state index in [0.29, 0.717) is 0 Å². The Balaban J connectivity index is 3.44. The van der Waals surface area contributed by atoms with Crippen LogP contribution >= 0.6 is 0 Å². The third kappa shape index (κ3) is 3.31. The van der Waals surface area contributed by atoms with E-state index in [1.807, 2.05) is 6.92 Å². The van der Waals surface area contributed by atoms with Crippen LogP contribution in [0.4, 0.5) is 0 Å². The Bertz CT molecular complexity index is 78.6. The molecule has 0 unspecified atom stereocenters. The first-order valence-corrected chi connectivity index (χ1v) is 3.53. The van der Waals surface area contributed by atoms with Gasteiger partial charge in [-0.2, -0.15) is 0 Å². The first kappa shape index (κ1) is 8.70. The van der Waals surface area contributed by atoms with E-state index in [1.54, 1.807) is 6.08 Å². The third-order valence-corrected chi connectivity index (χ3v) is 1.56. The van der Waals surface area contributed by atoms with E-state index in [2.05, 4.69) is 13.5 Å². The van der Waals surface area contributed by atoms with Gasteiger partial charge < -0.3 is 5.11 Å². The van der Waals surface area contributed by atoms with Crippen LogP contribution in [0.1, 0.15) is 26.7 Å². The molecule has 0 radical (unpaired) electrons. The highest BCUT2D eigenvalue weighted by molar-refractivity contribution is 4.80. The van der Waals surface area contributed by atoms with Crippen LogP contribution in [0, 0.1) is 5.92 Å². The molecule has 0 fully saturated rings. The number of aliphatic hydroxyl groups excluding tert-OH is 1. The van der Waals surface area contributed by atoms with Gasteiger partial charge in [-0.05, 0) is 12.3 Å². The van der Waals surface area contributed by atoms with Crippen molar-refractivity contribution in [2.45, 2.75) is 32.8 Å². The van der Waals surface area contributed by atoms with E-state index in [9.17, 15) is 5.11 Å². The van der Waals surface area contributed by atoms with Crippen molar-refractivity contribution >= 4 is 0 Å². The van der Waals surface area contributed by atoms with Gasteiger partial charge >= 0.3 is 0 Å². The smallest absolute Gasteiger partial charge is 0.0599 e. The average molecular weight is 128 g/mol. The number of hydrogen-bond acceptors (Lipinski definition) is 1. The minimum Gasteiger partial charge on any atom is -0.393 e. The number of aliphatic hydroxyl groups is 1. The van der Waals surface area contributed by atoms with Gasteiger partial charge in [0.05, 0.1) is 6.10 Å². The van der Waals surface area contributed by atoms with Gasteiger partial charge in [-0.1, -0.05) is 26.3 Å². The summed E-state index contributed by atoms with van der Waals surface area (Å²) in [7, 11) is 0. The number of rotatable bonds is 4. The van der Waals surface area contributed by atoms with Crippen LogP contribution in [0.3, 0.4) is 0 Å². The lowest BCUT2D eigenvalue weighted by Gasteiger charge is -2.12. The highest BCUT2D eigenvalue weighted by Gasteiger charge is 2.07. The monoisotopic (exact) mass is 128 g/mol. The molecule has 0 rings (SSSR count). The molecule has 1 N–H and O–H groups in total. The maximum absolute atomic E-state index is 9.25. The second-order valence-corrected chi connectivity index (χ2v) is 2.45. The summed E-state index contributed by atoms with van der Waals surface area (Å²) in [6.07, 6.45) is 3.53. The Morgan fingerprint density at radius 1 is 1.67 bits per heavy atom. The molecular weight excluding hydrogens is 112 g/mol. The minimum absolute atomic E-state index is 0.188. The first-order chi connectivity index (χ1) is 4.22. The standard InChI is InChI=1S/C8H16O/c1-4-6-8(9)7(3)5-2/h5,7-9H,2,4,6H2,1,3H3/t7-,8+/m0/s1. The van der Waals surface area contributed by atoms with E-state index in [-0.39, 0.29) is 12.0 Å². The first-order valence-electron chi connectivity index (χ1n) is 3.53. The molecule has 0 aliphatic heterocycles. The molecule has 0 heterocycles. The van der Waals surface area contributed by atoms with Crippen LogP contribution < -0.4 is 0 Å². The fourth-order valence-electron chi connectivity index (χ4n) is 0.716. The van der Waals surface area contributed by atoms with Crippen molar-refractivity contribution in [2.24, 2.45) is 5.92 Å². The van der Waals surface area contributed by atoms with Crippen molar-refractivity contribution in [3.05, 3.63) is 12.7 Å². The SMILES string of the molecule is C=C[C@H](C)[C@H](O)CCC. The van der Waals surface area contributed by atoms with Crippen molar-refractivity contribution in [1.29, 1.82) is 0 Å². The lowest BCUT2D eigenvalue weighted by atomic mass is 10.0. The molecule has 0 amide bonds. The van der Waals surface area contributed by atoms with Gasteiger partial charge in [0.2, 0.25) is 0 Å². The van der Waals surface area contributed by atoms with Gasteiger partial charge in [0.1, 0.15) is 0 Å². The minimum atomic E-state index is -0.188. The predicted octanol–water partition coefficient (Wildman–Crippen LogP) is 1.97. The zero-order valence-electron chi connectivity index (χ0n) is 6.30. The second-order valence-electron chi connectivity index (χ2n) is 2.45. The van der Waals surface area contributed by atoms with Crippen molar-refractivity contribution < 1.29 is 5.11 Å². The Kier molecular flexibility index (Phi) is 4.41. The summed E-state index contributed by atoms with van der Waals surface area (Å²) in [4.78, 5) is 0. The molecule has 0 aromatic heterocycles. The Morgan fingerprint density at radius 2 is 2.22 bits per heavy atom. The Morgan fingerprint density at radius 3 is 2.56 bits per heavy atom.